The lowest BCUT2D eigenvalue weighted by molar-refractivity contribution is 0.588. The molecular formula is C22H22NOP. The number of aryl methyl sites for hydroxylation is 1. The summed E-state index contributed by atoms with van der Waals surface area (Å²) in [6.45, 7) is 0. The minimum absolute atomic E-state index is 0.778. The Labute approximate surface area is 149 Å². The van der Waals surface area contributed by atoms with Crippen LogP contribution in [0, 0.1) is 0 Å². The fourth-order valence-electron chi connectivity index (χ4n) is 2.76. The van der Waals surface area contributed by atoms with Crippen molar-refractivity contribution in [3.63, 3.8) is 0 Å². The zero-order valence-corrected chi connectivity index (χ0v) is 15.1. The predicted molar refractivity (Wildman–Crippen MR) is 108 cm³/mol. The van der Waals surface area contributed by atoms with Crippen LogP contribution in [0.25, 0.3) is 0 Å². The summed E-state index contributed by atoms with van der Waals surface area (Å²) in [4.78, 5) is 0. The first-order chi connectivity index (χ1) is 12.3. The summed E-state index contributed by atoms with van der Waals surface area (Å²) in [7, 11) is -2.97. The van der Waals surface area contributed by atoms with Gasteiger partial charge in [-0.05, 0) is 49.1 Å². The van der Waals surface area contributed by atoms with Crippen LogP contribution in [0.2, 0.25) is 0 Å². The first-order valence-corrected chi connectivity index (χ1v) is 10.2. The van der Waals surface area contributed by atoms with Gasteiger partial charge in [0, 0.05) is 16.8 Å². The smallest absolute Gasteiger partial charge is 0.247 e. The third-order valence-electron chi connectivity index (χ3n) is 4.10. The van der Waals surface area contributed by atoms with Crippen LogP contribution < -0.4 is 10.6 Å². The summed E-state index contributed by atoms with van der Waals surface area (Å²) in [6.07, 6.45) is 4.66. The van der Waals surface area contributed by atoms with Crippen molar-refractivity contribution in [3.05, 3.63) is 96.6 Å². The molecule has 0 atom stereocenters. The topological polar surface area (TPSA) is 29.4 Å². The van der Waals surface area contributed by atoms with E-state index < -0.39 is 7.29 Å². The molecule has 0 fully saturated rings. The van der Waals surface area contributed by atoms with Crippen molar-refractivity contribution in [2.75, 3.05) is 0 Å². The van der Waals surface area contributed by atoms with Crippen molar-refractivity contribution in [3.8, 4) is 0 Å². The maximum atomic E-state index is 13.7. The maximum absolute atomic E-state index is 13.7. The molecule has 0 saturated carbocycles. The summed E-state index contributed by atoms with van der Waals surface area (Å²) < 4.78 is 18.2. The summed E-state index contributed by atoms with van der Waals surface area (Å²) in [5, 5.41) is 1.56. The highest BCUT2D eigenvalue weighted by molar-refractivity contribution is 7.77. The lowest BCUT2D eigenvalue weighted by atomic mass is 10.1. The van der Waals surface area contributed by atoms with Gasteiger partial charge >= 0.3 is 0 Å². The second-order valence-electron chi connectivity index (χ2n) is 5.92. The van der Waals surface area contributed by atoms with Crippen LogP contribution in [0.15, 0.2) is 95.8 Å². The van der Waals surface area contributed by atoms with Crippen molar-refractivity contribution in [1.29, 1.82) is 0 Å². The van der Waals surface area contributed by atoms with E-state index in [-0.39, 0.29) is 0 Å². The molecule has 0 saturated heterocycles. The molecule has 0 spiro atoms. The molecule has 3 aromatic carbocycles. The fourth-order valence-corrected chi connectivity index (χ4v) is 4.82. The Morgan fingerprint density at radius 3 is 1.72 bits per heavy atom. The quantitative estimate of drug-likeness (QED) is 0.336. The number of unbranched alkanes of at least 4 members (excludes halogenated alkanes) is 1. The van der Waals surface area contributed by atoms with Crippen LogP contribution in [0.5, 0.6) is 0 Å². The molecule has 0 aromatic heterocycles. The highest BCUT2D eigenvalue weighted by atomic mass is 31.2. The molecule has 0 aliphatic heterocycles. The lowest BCUT2D eigenvalue weighted by Crippen LogP contribution is -2.14. The van der Waals surface area contributed by atoms with E-state index in [1.54, 1.807) is 0 Å². The van der Waals surface area contributed by atoms with E-state index >= 15 is 0 Å². The van der Waals surface area contributed by atoms with Gasteiger partial charge in [0.1, 0.15) is 0 Å². The van der Waals surface area contributed by atoms with Crippen molar-refractivity contribution in [2.45, 2.75) is 19.3 Å². The Kier molecular flexibility index (Phi) is 5.98. The van der Waals surface area contributed by atoms with Crippen molar-refractivity contribution in [1.82, 2.24) is 0 Å². The second kappa shape index (κ2) is 8.60. The predicted octanol–water partition coefficient (Wildman–Crippen LogP) is 5.01. The van der Waals surface area contributed by atoms with Gasteiger partial charge in [0.05, 0.1) is 0 Å². The van der Waals surface area contributed by atoms with Crippen LogP contribution in [0.1, 0.15) is 18.4 Å². The van der Waals surface area contributed by atoms with Crippen LogP contribution in [0.3, 0.4) is 0 Å². The molecular weight excluding hydrogens is 325 g/mol. The first kappa shape index (κ1) is 17.4. The molecule has 0 amide bonds. The van der Waals surface area contributed by atoms with Crippen molar-refractivity contribution < 1.29 is 4.57 Å². The Morgan fingerprint density at radius 2 is 1.20 bits per heavy atom. The normalized spacial score (nSPS) is 11.7. The summed E-state index contributed by atoms with van der Waals surface area (Å²) in [5.41, 5.74) is 1.32. The van der Waals surface area contributed by atoms with Gasteiger partial charge in [-0.3, -0.25) is 4.57 Å². The largest absolute Gasteiger partial charge is 0.288 e. The fraction of sp³-hybridized carbons (Fsp3) is 0.136. The molecule has 3 rings (SSSR count). The van der Waals surface area contributed by atoms with Gasteiger partial charge in [0.2, 0.25) is 7.29 Å². The van der Waals surface area contributed by atoms with Crippen molar-refractivity contribution >= 4 is 24.1 Å². The second-order valence-corrected chi connectivity index (χ2v) is 8.34. The number of hydrogen-bond donors (Lipinski definition) is 0. The standard InChI is InChI=1S/C22H22NOP/c24-25(21-15-6-2-7-16-21,22-17-8-3-9-18-22)23-19-11-10-14-20-12-4-1-5-13-20/h1-9,12-13,15-19H,10-11,14H2. The monoisotopic (exact) mass is 347 g/mol. The van der Waals surface area contributed by atoms with Gasteiger partial charge in [0.25, 0.3) is 0 Å². The van der Waals surface area contributed by atoms with Crippen molar-refractivity contribution in [2.24, 2.45) is 4.76 Å². The third kappa shape index (κ3) is 4.55. The minimum Gasteiger partial charge on any atom is -0.288 e. The number of hydrogen-bond acceptors (Lipinski definition) is 1. The Bertz CT molecular complexity index is 801. The van der Waals surface area contributed by atoms with Gasteiger partial charge in [-0.1, -0.05) is 66.7 Å². The van der Waals surface area contributed by atoms with Gasteiger partial charge in [-0.25, -0.2) is 4.76 Å². The molecule has 0 aliphatic rings. The highest BCUT2D eigenvalue weighted by Crippen LogP contribution is 2.44. The number of benzene rings is 3. The van der Waals surface area contributed by atoms with Gasteiger partial charge in [-0.2, -0.15) is 0 Å². The molecule has 25 heavy (non-hydrogen) atoms. The molecule has 0 bridgehead atoms. The lowest BCUT2D eigenvalue weighted by Gasteiger charge is -2.14. The number of nitrogens with zero attached hydrogens (tertiary/aromatic N) is 1. The molecule has 2 nitrogen and oxygen atoms in total. The Balaban J connectivity index is 1.73. The summed E-state index contributed by atoms with van der Waals surface area (Å²) >= 11 is 0. The summed E-state index contributed by atoms with van der Waals surface area (Å²) in [6, 6.07) is 29.5. The SMILES string of the molecule is O=P(N=CCCCc1ccccc1)(c1ccccc1)c1ccccc1. The van der Waals surface area contributed by atoms with Crippen LogP contribution in [0.4, 0.5) is 0 Å². The van der Waals surface area contributed by atoms with E-state index in [4.69, 9.17) is 0 Å². The minimum atomic E-state index is -2.97. The zero-order chi connectivity index (χ0) is 17.4. The Morgan fingerprint density at radius 1 is 0.720 bits per heavy atom. The molecule has 0 radical (unpaired) electrons. The molecule has 0 N–H and O–H groups in total. The van der Waals surface area contributed by atoms with E-state index in [0.29, 0.717) is 0 Å². The third-order valence-corrected chi connectivity index (χ3v) is 6.58. The van der Waals surface area contributed by atoms with E-state index in [0.717, 1.165) is 29.9 Å². The summed E-state index contributed by atoms with van der Waals surface area (Å²) in [5.74, 6) is 0. The van der Waals surface area contributed by atoms with Gasteiger partial charge < -0.3 is 0 Å². The Hall–Kier alpha value is -2.44. The van der Waals surface area contributed by atoms with E-state index in [1.807, 2.05) is 72.9 Å². The maximum Gasteiger partial charge on any atom is 0.247 e. The van der Waals surface area contributed by atoms with Crippen LogP contribution in [-0.4, -0.2) is 6.21 Å². The average molecular weight is 347 g/mol. The molecule has 3 aromatic rings. The van der Waals surface area contributed by atoms with E-state index in [1.165, 1.54) is 5.56 Å². The molecule has 3 heteroatoms. The average Bonchev–Trinajstić information content (AvgIpc) is 2.70. The highest BCUT2D eigenvalue weighted by Gasteiger charge is 2.25. The molecule has 0 aliphatic carbocycles. The molecule has 126 valence electrons. The zero-order valence-electron chi connectivity index (χ0n) is 14.2. The molecule has 0 heterocycles. The van der Waals surface area contributed by atoms with Crippen LogP contribution in [-0.2, 0) is 11.0 Å². The number of rotatable bonds is 7. The van der Waals surface area contributed by atoms with E-state index in [2.05, 4.69) is 29.0 Å². The van der Waals surface area contributed by atoms with Gasteiger partial charge in [0.15, 0.2) is 0 Å². The molecule has 0 unspecified atom stereocenters. The van der Waals surface area contributed by atoms with E-state index in [9.17, 15) is 4.57 Å². The van der Waals surface area contributed by atoms with Crippen LogP contribution >= 0.6 is 7.29 Å². The first-order valence-electron chi connectivity index (χ1n) is 8.58. The van der Waals surface area contributed by atoms with Gasteiger partial charge in [-0.15, -0.1) is 0 Å².